The summed E-state index contributed by atoms with van der Waals surface area (Å²) in [6.45, 7) is 0. The van der Waals surface area contributed by atoms with Crippen LogP contribution in [0.2, 0.25) is 0 Å². The number of hydrogen-bond donors (Lipinski definition) is 0. The Kier molecular flexibility index (Phi) is 3.16. The fourth-order valence-electron chi connectivity index (χ4n) is 1.33. The molecular weight excluding hydrogens is 234 g/mol. The molecule has 0 spiro atoms. The number of benzene rings is 1. The number of nitrogens with zero attached hydrogens (tertiary/aromatic N) is 3. The fraction of sp³-hybridized carbons (Fsp3) is 0. The van der Waals surface area contributed by atoms with Gasteiger partial charge in [0.25, 0.3) is 0 Å². The van der Waals surface area contributed by atoms with Crippen LogP contribution in [-0.4, -0.2) is 9.91 Å². The first-order valence-electron chi connectivity index (χ1n) is 4.97. The molecular formula is C12H7N3O3. The third kappa shape index (κ3) is 2.59. The number of nitriles is 1. The Hall–Kier alpha value is -2.94. The highest BCUT2D eigenvalue weighted by Crippen LogP contribution is 2.24. The standard InChI is InChI=1S/C12H7N3O3/c13-8-9-2-1-3-10(6-9)18-11-4-5-14-12(7-11)15(16)17/h1-7H. The molecule has 0 N–H and O–H groups in total. The van der Waals surface area contributed by atoms with Crippen LogP contribution in [0.15, 0.2) is 42.6 Å². The number of ether oxygens (including phenoxy) is 1. The van der Waals surface area contributed by atoms with E-state index in [1.165, 1.54) is 18.3 Å². The maximum atomic E-state index is 10.6. The lowest BCUT2D eigenvalue weighted by Gasteiger charge is -2.04. The van der Waals surface area contributed by atoms with E-state index in [2.05, 4.69) is 4.98 Å². The van der Waals surface area contributed by atoms with E-state index in [0.717, 1.165) is 0 Å². The number of nitro groups is 1. The Balaban J connectivity index is 2.26. The molecule has 1 heterocycles. The second-order valence-corrected chi connectivity index (χ2v) is 3.35. The van der Waals surface area contributed by atoms with Crippen LogP contribution in [-0.2, 0) is 0 Å². The van der Waals surface area contributed by atoms with Gasteiger partial charge in [-0.1, -0.05) is 6.07 Å². The molecule has 0 saturated heterocycles. The van der Waals surface area contributed by atoms with Gasteiger partial charge in [-0.3, -0.25) is 0 Å². The molecule has 0 fully saturated rings. The van der Waals surface area contributed by atoms with Crippen LogP contribution in [0.25, 0.3) is 0 Å². The Bertz CT molecular complexity index is 634. The van der Waals surface area contributed by atoms with E-state index in [-0.39, 0.29) is 5.82 Å². The van der Waals surface area contributed by atoms with Gasteiger partial charge in [0.2, 0.25) is 0 Å². The van der Waals surface area contributed by atoms with E-state index >= 15 is 0 Å². The number of rotatable bonds is 3. The van der Waals surface area contributed by atoms with Gasteiger partial charge in [0.05, 0.1) is 17.7 Å². The summed E-state index contributed by atoms with van der Waals surface area (Å²) in [6.07, 6.45) is 1.29. The van der Waals surface area contributed by atoms with Crippen molar-refractivity contribution >= 4 is 5.82 Å². The highest BCUT2D eigenvalue weighted by Gasteiger charge is 2.08. The molecule has 0 aliphatic carbocycles. The Morgan fingerprint density at radius 2 is 2.06 bits per heavy atom. The highest BCUT2D eigenvalue weighted by atomic mass is 16.6. The van der Waals surface area contributed by atoms with Gasteiger partial charge in [0.15, 0.2) is 0 Å². The van der Waals surface area contributed by atoms with Gasteiger partial charge in [-0.25, -0.2) is 0 Å². The average Bonchev–Trinajstić information content (AvgIpc) is 2.39. The summed E-state index contributed by atoms with van der Waals surface area (Å²) in [5, 5.41) is 19.3. The van der Waals surface area contributed by atoms with Crippen molar-refractivity contribution in [3.05, 3.63) is 58.3 Å². The minimum absolute atomic E-state index is 0.288. The second kappa shape index (κ2) is 4.93. The third-order valence-corrected chi connectivity index (χ3v) is 2.10. The van der Waals surface area contributed by atoms with Crippen LogP contribution in [0.1, 0.15) is 5.56 Å². The van der Waals surface area contributed by atoms with Crippen LogP contribution in [0.5, 0.6) is 11.5 Å². The third-order valence-electron chi connectivity index (χ3n) is 2.10. The van der Waals surface area contributed by atoms with E-state index in [1.54, 1.807) is 24.3 Å². The van der Waals surface area contributed by atoms with E-state index in [1.807, 2.05) is 6.07 Å². The summed E-state index contributed by atoms with van der Waals surface area (Å²) in [4.78, 5) is 13.5. The SMILES string of the molecule is N#Cc1cccc(Oc2ccnc([N+](=O)[O-])c2)c1. The normalized spacial score (nSPS) is 9.50. The first-order chi connectivity index (χ1) is 8.69. The summed E-state index contributed by atoms with van der Waals surface area (Å²) < 4.78 is 5.42. The fourth-order valence-corrected chi connectivity index (χ4v) is 1.33. The van der Waals surface area contributed by atoms with E-state index in [9.17, 15) is 10.1 Å². The molecule has 2 rings (SSSR count). The van der Waals surface area contributed by atoms with Crippen molar-refractivity contribution in [2.75, 3.05) is 0 Å². The highest BCUT2D eigenvalue weighted by molar-refractivity contribution is 5.40. The van der Waals surface area contributed by atoms with Gasteiger partial charge in [-0.2, -0.15) is 5.26 Å². The monoisotopic (exact) mass is 241 g/mol. The van der Waals surface area contributed by atoms with Gasteiger partial charge in [0, 0.05) is 6.07 Å². The van der Waals surface area contributed by atoms with Crippen LogP contribution < -0.4 is 4.74 Å². The first kappa shape index (κ1) is 11.5. The Morgan fingerprint density at radius 1 is 1.28 bits per heavy atom. The molecule has 1 aromatic heterocycles. The predicted molar refractivity (Wildman–Crippen MR) is 62.1 cm³/mol. The van der Waals surface area contributed by atoms with Crippen molar-refractivity contribution in [2.24, 2.45) is 0 Å². The molecule has 18 heavy (non-hydrogen) atoms. The first-order valence-corrected chi connectivity index (χ1v) is 4.97. The van der Waals surface area contributed by atoms with Crippen molar-refractivity contribution in [1.82, 2.24) is 4.98 Å². The van der Waals surface area contributed by atoms with Crippen molar-refractivity contribution in [2.45, 2.75) is 0 Å². The van der Waals surface area contributed by atoms with Gasteiger partial charge in [-0.05, 0) is 28.1 Å². The van der Waals surface area contributed by atoms with Crippen LogP contribution in [0.3, 0.4) is 0 Å². The Labute approximate surface area is 102 Å². The smallest absolute Gasteiger partial charge is 0.367 e. The Morgan fingerprint density at radius 3 is 2.78 bits per heavy atom. The molecule has 0 amide bonds. The molecule has 0 aliphatic rings. The van der Waals surface area contributed by atoms with Gasteiger partial charge < -0.3 is 14.9 Å². The van der Waals surface area contributed by atoms with Crippen LogP contribution >= 0.6 is 0 Å². The molecule has 6 nitrogen and oxygen atoms in total. The number of aromatic nitrogens is 1. The minimum atomic E-state index is -0.599. The van der Waals surface area contributed by atoms with Crippen LogP contribution in [0.4, 0.5) is 5.82 Å². The van der Waals surface area contributed by atoms with E-state index < -0.39 is 4.92 Å². The molecule has 0 aliphatic heterocycles. The summed E-state index contributed by atoms with van der Waals surface area (Å²) >= 11 is 0. The predicted octanol–water partition coefficient (Wildman–Crippen LogP) is 2.65. The van der Waals surface area contributed by atoms with Crippen molar-refractivity contribution in [1.29, 1.82) is 5.26 Å². The molecule has 88 valence electrons. The zero-order valence-electron chi connectivity index (χ0n) is 9.11. The van der Waals surface area contributed by atoms with Crippen molar-refractivity contribution in [3.63, 3.8) is 0 Å². The zero-order chi connectivity index (χ0) is 13.0. The van der Waals surface area contributed by atoms with Crippen LogP contribution in [0, 0.1) is 21.4 Å². The van der Waals surface area contributed by atoms with Crippen molar-refractivity contribution in [3.8, 4) is 17.6 Å². The van der Waals surface area contributed by atoms with E-state index in [4.69, 9.17) is 10.00 Å². The molecule has 0 saturated carbocycles. The lowest BCUT2D eigenvalue weighted by Crippen LogP contribution is -1.92. The molecule has 0 unspecified atom stereocenters. The molecule has 0 atom stereocenters. The lowest BCUT2D eigenvalue weighted by molar-refractivity contribution is -0.389. The summed E-state index contributed by atoms with van der Waals surface area (Å²) in [7, 11) is 0. The van der Waals surface area contributed by atoms with Gasteiger partial charge in [-0.15, -0.1) is 0 Å². The number of hydrogen-bond acceptors (Lipinski definition) is 5. The zero-order valence-corrected chi connectivity index (χ0v) is 9.11. The lowest BCUT2D eigenvalue weighted by atomic mass is 10.2. The van der Waals surface area contributed by atoms with E-state index in [0.29, 0.717) is 17.1 Å². The topological polar surface area (TPSA) is 89.0 Å². The van der Waals surface area contributed by atoms with Gasteiger partial charge >= 0.3 is 5.82 Å². The molecule has 0 radical (unpaired) electrons. The molecule has 1 aromatic carbocycles. The summed E-state index contributed by atoms with van der Waals surface area (Å²) in [6, 6.07) is 11.2. The number of pyridine rings is 1. The largest absolute Gasteiger partial charge is 0.457 e. The summed E-state index contributed by atoms with van der Waals surface area (Å²) in [5.41, 5.74) is 0.455. The second-order valence-electron chi connectivity index (χ2n) is 3.35. The summed E-state index contributed by atoms with van der Waals surface area (Å²) in [5.74, 6) is 0.449. The van der Waals surface area contributed by atoms with Crippen molar-refractivity contribution < 1.29 is 9.66 Å². The molecule has 0 bridgehead atoms. The maximum absolute atomic E-state index is 10.6. The van der Waals surface area contributed by atoms with Gasteiger partial charge in [0.1, 0.15) is 17.7 Å². The molecule has 6 heteroatoms. The minimum Gasteiger partial charge on any atom is -0.457 e. The maximum Gasteiger partial charge on any atom is 0.367 e. The average molecular weight is 241 g/mol. The molecule has 2 aromatic rings. The quantitative estimate of drug-likeness (QED) is 0.608.